The molecule has 31 heavy (non-hydrogen) atoms. The predicted octanol–water partition coefficient (Wildman–Crippen LogP) is 6.61. The maximum atomic E-state index is 12.9. The molecule has 0 spiro atoms. The fourth-order valence-corrected chi connectivity index (χ4v) is 5.65. The van der Waals surface area contributed by atoms with Gasteiger partial charge in [0.15, 0.2) is 0 Å². The molecule has 0 aliphatic heterocycles. The molecule has 3 rings (SSSR count). The van der Waals surface area contributed by atoms with E-state index in [-0.39, 0.29) is 23.1 Å². The number of nitrogens with zero attached hydrogens (tertiary/aromatic N) is 2. The Bertz CT molecular complexity index is 949. The highest BCUT2D eigenvalue weighted by atomic mass is 127. The van der Waals surface area contributed by atoms with Crippen molar-refractivity contribution < 1.29 is 22.5 Å². The molecule has 0 radical (unpaired) electrons. The highest BCUT2D eigenvalue weighted by Gasteiger charge is 2.38. The minimum absolute atomic E-state index is 0.0165. The summed E-state index contributed by atoms with van der Waals surface area (Å²) in [5, 5.41) is 11.2. The van der Waals surface area contributed by atoms with E-state index in [0.717, 1.165) is 45.6 Å². The van der Waals surface area contributed by atoms with E-state index >= 15 is 0 Å². The van der Waals surface area contributed by atoms with E-state index in [9.17, 15) is 18.3 Å². The van der Waals surface area contributed by atoms with Crippen molar-refractivity contribution in [3.8, 4) is 0 Å². The highest BCUT2D eigenvalue weighted by molar-refractivity contribution is 14.1. The van der Waals surface area contributed by atoms with Gasteiger partial charge >= 0.3 is 6.18 Å². The molecule has 1 unspecified atom stereocenters. The zero-order valence-electron chi connectivity index (χ0n) is 18.0. The number of halogens is 4. The Labute approximate surface area is 198 Å². The van der Waals surface area contributed by atoms with Crippen LogP contribution >= 0.6 is 34.6 Å². The van der Waals surface area contributed by atoms with Gasteiger partial charge in [0.25, 0.3) is 0 Å². The van der Waals surface area contributed by atoms with E-state index in [1.54, 1.807) is 0 Å². The Morgan fingerprint density at radius 1 is 1.29 bits per heavy atom. The smallest absolute Gasteiger partial charge is 0.382 e. The summed E-state index contributed by atoms with van der Waals surface area (Å²) in [5.41, 5.74) is 2.58. The Kier molecular flexibility index (Phi) is 7.30. The van der Waals surface area contributed by atoms with Crippen LogP contribution in [0.4, 0.5) is 13.2 Å². The van der Waals surface area contributed by atoms with Crippen molar-refractivity contribution in [2.24, 2.45) is 5.41 Å². The van der Waals surface area contributed by atoms with Gasteiger partial charge in [0.1, 0.15) is 12.2 Å². The number of alkyl halides is 3. The molecule has 2 aromatic rings. The first kappa shape index (κ1) is 24.7. The molecular formula is C22H26F3IN2O2S. The molecule has 1 aliphatic carbocycles. The van der Waals surface area contributed by atoms with Gasteiger partial charge < -0.3 is 9.29 Å². The average Bonchev–Trinajstić information content (AvgIpc) is 2.65. The lowest BCUT2D eigenvalue weighted by Crippen LogP contribution is -2.30. The van der Waals surface area contributed by atoms with E-state index in [2.05, 4.69) is 41.4 Å². The number of fused-ring (bicyclic) bond motifs is 1. The number of aliphatic hydroxyl groups is 1. The van der Waals surface area contributed by atoms with E-state index in [1.165, 1.54) is 18.1 Å². The molecule has 0 saturated carbocycles. The number of hydrogen-bond donors (Lipinski definition) is 1. The zero-order chi connectivity index (χ0) is 23.1. The van der Waals surface area contributed by atoms with Crippen molar-refractivity contribution in [1.29, 1.82) is 0 Å². The Morgan fingerprint density at radius 2 is 1.97 bits per heavy atom. The van der Waals surface area contributed by atoms with Crippen LogP contribution in [0.2, 0.25) is 0 Å². The second-order valence-corrected chi connectivity index (χ2v) is 10.5. The topological polar surface area (TPSA) is 55.2 Å². The third-order valence-corrected chi connectivity index (χ3v) is 7.03. The molecule has 4 nitrogen and oxygen atoms in total. The van der Waals surface area contributed by atoms with E-state index in [1.807, 2.05) is 20.1 Å². The van der Waals surface area contributed by atoms with Gasteiger partial charge in [0.2, 0.25) is 0 Å². The number of hydrogen-bond acceptors (Lipinski definition) is 5. The molecule has 0 saturated heterocycles. The summed E-state index contributed by atoms with van der Waals surface area (Å²) in [6, 6.07) is 2.17. The first-order valence-corrected chi connectivity index (χ1v) is 12.2. The second-order valence-electron chi connectivity index (χ2n) is 8.91. The van der Waals surface area contributed by atoms with E-state index in [4.69, 9.17) is 9.17 Å². The molecule has 1 aliphatic rings. The number of aliphatic hydroxyl groups excluding tert-OH is 1. The molecule has 0 fully saturated rings. The largest absolute Gasteiger partial charge is 0.417 e. The Hall–Kier alpha value is -0.910. The van der Waals surface area contributed by atoms with Crippen molar-refractivity contribution in [2.75, 3.05) is 6.26 Å². The molecule has 1 N–H and O–H groups in total. The van der Waals surface area contributed by atoms with Crippen LogP contribution in [0.15, 0.2) is 18.3 Å². The highest BCUT2D eigenvalue weighted by Crippen LogP contribution is 2.47. The normalized spacial score (nSPS) is 19.4. The van der Waals surface area contributed by atoms with Crippen LogP contribution in [0.25, 0.3) is 0 Å². The molecular weight excluding hydrogens is 540 g/mol. The molecule has 2 aromatic heterocycles. The zero-order valence-corrected chi connectivity index (χ0v) is 21.0. The summed E-state index contributed by atoms with van der Waals surface area (Å²) in [6.45, 7) is 8.35. The fraction of sp³-hybridized carbons (Fsp3) is 0.545. The number of rotatable bonds is 5. The molecule has 170 valence electrons. The minimum atomic E-state index is -4.48. The lowest BCUT2D eigenvalue weighted by molar-refractivity contribution is -0.137. The van der Waals surface area contributed by atoms with Crippen LogP contribution in [0.5, 0.6) is 0 Å². The monoisotopic (exact) mass is 566 g/mol. The van der Waals surface area contributed by atoms with Crippen molar-refractivity contribution in [3.63, 3.8) is 0 Å². The van der Waals surface area contributed by atoms with Crippen LogP contribution in [0.3, 0.4) is 0 Å². The van der Waals surface area contributed by atoms with E-state index < -0.39 is 17.8 Å². The average molecular weight is 566 g/mol. The first-order valence-electron chi connectivity index (χ1n) is 9.98. The summed E-state index contributed by atoms with van der Waals surface area (Å²) in [7, 11) is 0. The van der Waals surface area contributed by atoms with Gasteiger partial charge in [-0.25, -0.2) is 0 Å². The molecule has 2 atom stereocenters. The van der Waals surface area contributed by atoms with Crippen LogP contribution < -0.4 is 0 Å². The fourth-order valence-electron chi connectivity index (χ4n) is 4.02. The van der Waals surface area contributed by atoms with Gasteiger partial charge in [-0.05, 0) is 70.9 Å². The third kappa shape index (κ3) is 5.20. The van der Waals surface area contributed by atoms with Crippen LogP contribution in [-0.2, 0) is 16.8 Å². The van der Waals surface area contributed by atoms with Crippen molar-refractivity contribution in [1.82, 2.24) is 9.97 Å². The molecule has 0 amide bonds. The summed E-state index contributed by atoms with van der Waals surface area (Å²) in [5.74, 6) is 0.0165. The van der Waals surface area contributed by atoms with Crippen molar-refractivity contribution in [2.45, 2.75) is 64.8 Å². The summed E-state index contributed by atoms with van der Waals surface area (Å²) < 4.78 is 45.6. The van der Waals surface area contributed by atoms with Crippen LogP contribution in [-0.4, -0.2) is 21.3 Å². The van der Waals surface area contributed by atoms with Crippen molar-refractivity contribution >= 4 is 34.6 Å². The Morgan fingerprint density at radius 3 is 2.48 bits per heavy atom. The van der Waals surface area contributed by atoms with E-state index in [0.29, 0.717) is 5.56 Å². The SMILES string of the molecule is CSOC1CC(C)(C)Cc2nc(C(C)C)c([C@@H](O)c3ccc(C(F)(F)F)cn3)c(I)c21. The molecule has 2 heterocycles. The van der Waals surface area contributed by atoms with Gasteiger partial charge in [-0.2, -0.15) is 13.2 Å². The lowest BCUT2D eigenvalue weighted by atomic mass is 9.74. The quantitative estimate of drug-likeness (QED) is 0.326. The van der Waals surface area contributed by atoms with Crippen LogP contribution in [0.1, 0.15) is 86.0 Å². The number of pyridine rings is 2. The summed E-state index contributed by atoms with van der Waals surface area (Å²) in [4.78, 5) is 8.86. The molecule has 9 heteroatoms. The van der Waals surface area contributed by atoms with Gasteiger partial charge in [-0.1, -0.05) is 27.7 Å². The lowest BCUT2D eigenvalue weighted by Gasteiger charge is -2.37. The second kappa shape index (κ2) is 9.15. The first-order chi connectivity index (χ1) is 14.4. The molecule has 0 aromatic carbocycles. The van der Waals surface area contributed by atoms with Crippen LogP contribution in [0, 0.1) is 8.99 Å². The van der Waals surface area contributed by atoms with Gasteiger partial charge in [0.05, 0.1) is 17.0 Å². The third-order valence-electron chi connectivity index (χ3n) is 5.45. The standard InChI is InChI=1S/C22H26F3IN2O2S/c1-11(2)19-17(20(29)13-7-6-12(10-27-13)22(23,24)25)18(26)16-14(28-19)8-21(3,4)9-15(16)30-31-5/h6-7,10-11,15,20,29H,8-9H2,1-5H3/t15?,20-/m0/s1. The summed E-state index contributed by atoms with van der Waals surface area (Å²) >= 11 is 3.51. The van der Waals surface area contributed by atoms with Gasteiger partial charge in [0, 0.05) is 32.8 Å². The predicted molar refractivity (Wildman–Crippen MR) is 124 cm³/mol. The van der Waals surface area contributed by atoms with Gasteiger partial charge in [-0.15, -0.1) is 0 Å². The maximum Gasteiger partial charge on any atom is 0.417 e. The Balaban J connectivity index is 2.14. The van der Waals surface area contributed by atoms with Gasteiger partial charge in [-0.3, -0.25) is 9.97 Å². The van der Waals surface area contributed by atoms with Crippen molar-refractivity contribution in [3.05, 3.63) is 55.7 Å². The molecule has 0 bridgehead atoms. The minimum Gasteiger partial charge on any atom is -0.382 e. The number of aromatic nitrogens is 2. The summed E-state index contributed by atoms with van der Waals surface area (Å²) in [6.07, 6.45) is -1.61. The maximum absolute atomic E-state index is 12.9.